The van der Waals surface area contributed by atoms with Gasteiger partial charge in [-0.1, -0.05) is 19.8 Å². The van der Waals surface area contributed by atoms with Crippen molar-refractivity contribution in [2.75, 3.05) is 12.5 Å². The van der Waals surface area contributed by atoms with Crippen molar-refractivity contribution in [2.24, 2.45) is 5.92 Å². The molecule has 1 aromatic carbocycles. The summed E-state index contributed by atoms with van der Waals surface area (Å²) < 4.78 is 30.0. The summed E-state index contributed by atoms with van der Waals surface area (Å²) in [5.41, 5.74) is 1.53. The highest BCUT2D eigenvalue weighted by atomic mass is 32.2. The lowest BCUT2D eigenvalue weighted by Crippen LogP contribution is -2.48. The van der Waals surface area contributed by atoms with Gasteiger partial charge in [-0.2, -0.15) is 0 Å². The van der Waals surface area contributed by atoms with Crippen LogP contribution in [0.5, 0.6) is 5.75 Å². The van der Waals surface area contributed by atoms with Crippen molar-refractivity contribution in [1.29, 1.82) is 0 Å². The lowest BCUT2D eigenvalue weighted by Gasteiger charge is -2.20. The first-order chi connectivity index (χ1) is 11.3. The van der Waals surface area contributed by atoms with Crippen LogP contribution in [0, 0.1) is 17.8 Å². The molecule has 0 heterocycles. The van der Waals surface area contributed by atoms with Gasteiger partial charge in [-0.25, -0.2) is 13.9 Å². The number of nitrogens with one attached hydrogen (secondary N) is 2. The Morgan fingerprint density at radius 3 is 2.42 bits per heavy atom. The van der Waals surface area contributed by atoms with Crippen LogP contribution in [-0.2, 0) is 14.6 Å². The molecular weight excluding hydrogens is 332 g/mol. The number of sulfone groups is 1. The topological polar surface area (TPSA) is 105 Å². The van der Waals surface area contributed by atoms with E-state index >= 15 is 0 Å². The van der Waals surface area contributed by atoms with Gasteiger partial charge in [0.2, 0.25) is 0 Å². The fraction of sp³-hybridized carbons (Fsp3) is 0.438. The van der Waals surface area contributed by atoms with Gasteiger partial charge in [0, 0.05) is 0 Å². The summed E-state index contributed by atoms with van der Waals surface area (Å²) in [6, 6.07) is 5.14. The number of carbonyl (C=O) groups is 1. The van der Waals surface area contributed by atoms with E-state index in [9.17, 15) is 13.2 Å². The maximum atomic E-state index is 12.3. The van der Waals surface area contributed by atoms with Crippen molar-refractivity contribution < 1.29 is 23.2 Å². The van der Waals surface area contributed by atoms with Gasteiger partial charge in [0.15, 0.2) is 9.84 Å². The average molecular weight is 354 g/mol. The standard InChI is InChI=1S/C16H22N2O5S/c1-4-5-10-23-13-6-8-14(9-7-13)24(21,22)11-17-15(12(2)3)16(19)18-20/h6-9,12,15,17,20H,10-11H2,1-3H3,(H,18,19). The number of carbonyl (C=O) groups excluding carboxylic acids is 1. The summed E-state index contributed by atoms with van der Waals surface area (Å²) in [4.78, 5) is 11.6. The molecule has 1 amide bonds. The molecule has 0 aliphatic heterocycles. The minimum Gasteiger partial charge on any atom is -0.481 e. The molecule has 1 aromatic rings. The predicted molar refractivity (Wildman–Crippen MR) is 89.1 cm³/mol. The minimum atomic E-state index is -3.63. The van der Waals surface area contributed by atoms with Crippen molar-refractivity contribution in [1.82, 2.24) is 10.8 Å². The Balaban J connectivity index is 2.76. The van der Waals surface area contributed by atoms with Gasteiger partial charge in [0.25, 0.3) is 5.91 Å². The first-order valence-corrected chi connectivity index (χ1v) is 8.99. The number of rotatable bonds is 8. The number of hydroxylamine groups is 1. The van der Waals surface area contributed by atoms with Crippen molar-refractivity contribution in [2.45, 2.75) is 31.7 Å². The number of amides is 1. The summed E-state index contributed by atoms with van der Waals surface area (Å²) >= 11 is 0. The van der Waals surface area contributed by atoms with E-state index in [1.54, 1.807) is 32.9 Å². The van der Waals surface area contributed by atoms with Gasteiger partial charge in [-0.15, -0.1) is 5.92 Å². The Morgan fingerprint density at radius 1 is 1.29 bits per heavy atom. The van der Waals surface area contributed by atoms with E-state index in [-0.39, 0.29) is 17.4 Å². The normalized spacial score (nSPS) is 12.2. The molecular formula is C16H22N2O5S. The van der Waals surface area contributed by atoms with Crippen LogP contribution >= 0.6 is 0 Å². The number of hydrogen-bond donors (Lipinski definition) is 3. The molecule has 0 aliphatic rings. The number of ether oxygens (including phenoxy) is 1. The summed E-state index contributed by atoms with van der Waals surface area (Å²) in [7, 11) is -3.63. The molecule has 1 unspecified atom stereocenters. The predicted octanol–water partition coefficient (Wildman–Crippen LogP) is 0.940. The maximum absolute atomic E-state index is 12.3. The van der Waals surface area contributed by atoms with Gasteiger partial charge in [0.05, 0.1) is 10.9 Å². The van der Waals surface area contributed by atoms with E-state index in [1.165, 1.54) is 17.6 Å². The first kappa shape index (κ1) is 20.0. The van der Waals surface area contributed by atoms with Crippen LogP contribution in [0.2, 0.25) is 0 Å². The SMILES string of the molecule is CC#CCOc1ccc(S(=O)(=O)CNC(C(=O)NO)C(C)C)cc1. The van der Waals surface area contributed by atoms with Crippen LogP contribution in [0.1, 0.15) is 20.8 Å². The van der Waals surface area contributed by atoms with Crippen LogP contribution in [0.3, 0.4) is 0 Å². The van der Waals surface area contributed by atoms with E-state index in [1.807, 2.05) is 0 Å². The second-order valence-electron chi connectivity index (χ2n) is 5.35. The highest BCUT2D eigenvalue weighted by Crippen LogP contribution is 2.17. The summed E-state index contributed by atoms with van der Waals surface area (Å²) in [6.07, 6.45) is 0. The van der Waals surface area contributed by atoms with Crippen LogP contribution in [0.4, 0.5) is 0 Å². The summed E-state index contributed by atoms with van der Waals surface area (Å²) in [5, 5.41) is 11.4. The zero-order chi connectivity index (χ0) is 18.2. The number of hydrogen-bond acceptors (Lipinski definition) is 6. The molecule has 0 saturated heterocycles. The largest absolute Gasteiger partial charge is 0.481 e. The quantitative estimate of drug-likeness (QED) is 0.365. The molecule has 7 nitrogen and oxygen atoms in total. The molecule has 132 valence electrons. The molecule has 0 bridgehead atoms. The van der Waals surface area contributed by atoms with Gasteiger partial charge >= 0.3 is 0 Å². The Hall–Kier alpha value is -2.08. The van der Waals surface area contributed by atoms with Crippen molar-refractivity contribution in [3.63, 3.8) is 0 Å². The van der Waals surface area contributed by atoms with E-state index in [0.29, 0.717) is 5.75 Å². The van der Waals surface area contributed by atoms with Crippen LogP contribution < -0.4 is 15.5 Å². The molecule has 3 N–H and O–H groups in total. The van der Waals surface area contributed by atoms with Crippen LogP contribution in [-0.4, -0.2) is 38.1 Å². The molecule has 1 rings (SSSR count). The van der Waals surface area contributed by atoms with Crippen LogP contribution in [0.25, 0.3) is 0 Å². The second kappa shape index (κ2) is 9.27. The average Bonchev–Trinajstić information content (AvgIpc) is 2.55. The molecule has 24 heavy (non-hydrogen) atoms. The lowest BCUT2D eigenvalue weighted by atomic mass is 10.0. The van der Waals surface area contributed by atoms with Gasteiger partial charge < -0.3 is 4.74 Å². The van der Waals surface area contributed by atoms with E-state index in [2.05, 4.69) is 17.2 Å². The van der Waals surface area contributed by atoms with Gasteiger partial charge in [-0.05, 0) is 37.1 Å². The Morgan fingerprint density at radius 2 is 1.92 bits per heavy atom. The lowest BCUT2D eigenvalue weighted by molar-refractivity contribution is -0.132. The third-order valence-electron chi connectivity index (χ3n) is 3.22. The third kappa shape index (κ3) is 5.85. The molecule has 0 spiro atoms. The minimum absolute atomic E-state index is 0.107. The Bertz CT molecular complexity index is 702. The van der Waals surface area contributed by atoms with Crippen molar-refractivity contribution in [3.05, 3.63) is 24.3 Å². The fourth-order valence-corrected chi connectivity index (χ4v) is 3.03. The molecule has 0 aliphatic carbocycles. The monoisotopic (exact) mass is 354 g/mol. The molecule has 8 heteroatoms. The molecule has 1 atom stereocenters. The van der Waals surface area contributed by atoms with Crippen molar-refractivity contribution >= 4 is 15.7 Å². The van der Waals surface area contributed by atoms with E-state index in [0.717, 1.165) is 0 Å². The molecule has 0 radical (unpaired) electrons. The first-order valence-electron chi connectivity index (χ1n) is 7.34. The third-order valence-corrected chi connectivity index (χ3v) is 4.76. The van der Waals surface area contributed by atoms with Crippen molar-refractivity contribution in [3.8, 4) is 17.6 Å². The summed E-state index contributed by atoms with van der Waals surface area (Å²) in [5.74, 6) is 4.66. The van der Waals surface area contributed by atoms with E-state index in [4.69, 9.17) is 9.94 Å². The zero-order valence-electron chi connectivity index (χ0n) is 13.9. The molecule has 0 aromatic heterocycles. The highest BCUT2D eigenvalue weighted by molar-refractivity contribution is 7.91. The highest BCUT2D eigenvalue weighted by Gasteiger charge is 2.24. The second-order valence-corrected chi connectivity index (χ2v) is 7.34. The van der Waals surface area contributed by atoms with Crippen LogP contribution in [0.15, 0.2) is 29.2 Å². The molecule has 0 fully saturated rings. The number of benzene rings is 1. The Kier molecular flexibility index (Phi) is 7.71. The van der Waals surface area contributed by atoms with Gasteiger partial charge in [0.1, 0.15) is 18.2 Å². The fourth-order valence-electron chi connectivity index (χ4n) is 1.92. The zero-order valence-corrected chi connectivity index (χ0v) is 14.7. The summed E-state index contributed by atoms with van der Waals surface area (Å²) in [6.45, 7) is 5.42. The smallest absolute Gasteiger partial charge is 0.260 e. The molecule has 0 saturated carbocycles. The maximum Gasteiger partial charge on any atom is 0.260 e. The van der Waals surface area contributed by atoms with Gasteiger partial charge in [-0.3, -0.25) is 15.3 Å². The Labute approximate surface area is 142 Å². The van der Waals surface area contributed by atoms with E-state index < -0.39 is 27.7 Å².